The average Bonchev–Trinajstić information content (AvgIpc) is 2.74. The molecule has 1 aliphatic rings. The quantitative estimate of drug-likeness (QED) is 0.925. The normalized spacial score (nSPS) is 20.9. The molecule has 3 rings (SSSR count). The minimum Gasteiger partial charge on any atom is -0.306 e. The van der Waals surface area contributed by atoms with Gasteiger partial charge in [-0.25, -0.2) is 4.79 Å². The third kappa shape index (κ3) is 2.38. The van der Waals surface area contributed by atoms with Crippen LogP contribution in [0.25, 0.3) is 11.0 Å². The molecule has 4 nitrogen and oxygen atoms in total. The van der Waals surface area contributed by atoms with Crippen molar-refractivity contribution in [3.05, 3.63) is 33.7 Å². The molecule has 1 fully saturated rings. The summed E-state index contributed by atoms with van der Waals surface area (Å²) >= 11 is 6.08. The molecular formula is C15H20ClN3O. The van der Waals surface area contributed by atoms with Crippen LogP contribution in [0.4, 0.5) is 0 Å². The SMILES string of the molecule is CC(C)N1CCCC(n2c(=O)[nH]c3ccc(Cl)cc32)C1. The molecule has 1 N–H and O–H groups in total. The second-order valence-corrected chi connectivity index (χ2v) is 6.28. The van der Waals surface area contributed by atoms with Gasteiger partial charge in [0, 0.05) is 17.6 Å². The first-order valence-corrected chi connectivity index (χ1v) is 7.58. The Balaban J connectivity index is 2.03. The smallest absolute Gasteiger partial charge is 0.306 e. The van der Waals surface area contributed by atoms with E-state index in [1.54, 1.807) is 0 Å². The highest BCUT2D eigenvalue weighted by Crippen LogP contribution is 2.26. The van der Waals surface area contributed by atoms with E-state index < -0.39 is 0 Å². The summed E-state index contributed by atoms with van der Waals surface area (Å²) < 4.78 is 1.88. The van der Waals surface area contributed by atoms with Crippen LogP contribution in [0.2, 0.25) is 5.02 Å². The van der Waals surface area contributed by atoms with Gasteiger partial charge in [-0.15, -0.1) is 0 Å². The minimum atomic E-state index is -0.0297. The van der Waals surface area contributed by atoms with Gasteiger partial charge >= 0.3 is 5.69 Å². The molecule has 1 unspecified atom stereocenters. The number of imidazole rings is 1. The largest absolute Gasteiger partial charge is 0.326 e. The van der Waals surface area contributed by atoms with Crippen molar-refractivity contribution in [1.29, 1.82) is 0 Å². The molecule has 5 heteroatoms. The number of H-pyrrole nitrogens is 1. The summed E-state index contributed by atoms with van der Waals surface area (Å²) in [6, 6.07) is 6.31. The number of aromatic amines is 1. The first-order chi connectivity index (χ1) is 9.56. The van der Waals surface area contributed by atoms with E-state index in [-0.39, 0.29) is 11.7 Å². The number of aromatic nitrogens is 2. The predicted octanol–water partition coefficient (Wildman–Crippen LogP) is 3.03. The Bertz CT molecular complexity index is 673. The predicted molar refractivity (Wildman–Crippen MR) is 82.5 cm³/mol. The molecule has 2 heterocycles. The number of nitrogens with one attached hydrogen (secondary N) is 1. The van der Waals surface area contributed by atoms with Crippen molar-refractivity contribution >= 4 is 22.6 Å². The standard InChI is InChI=1S/C15H20ClN3O/c1-10(2)18-7-3-4-12(9-18)19-14-8-11(16)5-6-13(14)17-15(19)20/h5-6,8,10,12H,3-4,7,9H2,1-2H3,(H,17,20). The molecule has 0 amide bonds. The lowest BCUT2D eigenvalue weighted by Gasteiger charge is -2.35. The Kier molecular flexibility index (Phi) is 3.61. The van der Waals surface area contributed by atoms with Crippen LogP contribution < -0.4 is 5.69 Å². The van der Waals surface area contributed by atoms with Gasteiger partial charge in [-0.2, -0.15) is 0 Å². The summed E-state index contributed by atoms with van der Waals surface area (Å²) in [7, 11) is 0. The van der Waals surface area contributed by atoms with Gasteiger partial charge in [-0.05, 0) is 51.4 Å². The van der Waals surface area contributed by atoms with Crippen molar-refractivity contribution in [1.82, 2.24) is 14.5 Å². The van der Waals surface area contributed by atoms with Crippen LogP contribution in [0.3, 0.4) is 0 Å². The van der Waals surface area contributed by atoms with E-state index in [9.17, 15) is 4.79 Å². The number of nitrogens with zero attached hydrogens (tertiary/aromatic N) is 2. The lowest BCUT2D eigenvalue weighted by Crippen LogP contribution is -2.42. The molecule has 1 aromatic carbocycles. The monoisotopic (exact) mass is 293 g/mol. The Hall–Kier alpha value is -1.26. The highest BCUT2D eigenvalue weighted by molar-refractivity contribution is 6.31. The fraction of sp³-hybridized carbons (Fsp3) is 0.533. The van der Waals surface area contributed by atoms with Crippen LogP contribution >= 0.6 is 11.6 Å². The molecular weight excluding hydrogens is 274 g/mol. The van der Waals surface area contributed by atoms with E-state index in [1.807, 2.05) is 22.8 Å². The molecule has 0 bridgehead atoms. The summed E-state index contributed by atoms with van der Waals surface area (Å²) in [6.45, 7) is 6.46. The van der Waals surface area contributed by atoms with Gasteiger partial charge in [0.25, 0.3) is 0 Å². The van der Waals surface area contributed by atoms with E-state index in [0.717, 1.165) is 37.0 Å². The highest BCUT2D eigenvalue weighted by atomic mass is 35.5. The molecule has 0 aliphatic carbocycles. The van der Waals surface area contributed by atoms with Crippen LogP contribution in [0.5, 0.6) is 0 Å². The zero-order valence-corrected chi connectivity index (χ0v) is 12.7. The minimum absolute atomic E-state index is 0.0297. The van der Waals surface area contributed by atoms with Crippen LogP contribution in [0.1, 0.15) is 32.7 Å². The van der Waals surface area contributed by atoms with Gasteiger partial charge in [-0.3, -0.25) is 9.47 Å². The van der Waals surface area contributed by atoms with Crippen molar-refractivity contribution in [2.45, 2.75) is 38.8 Å². The maximum Gasteiger partial charge on any atom is 0.326 e. The topological polar surface area (TPSA) is 41.0 Å². The molecule has 0 spiro atoms. The van der Waals surface area contributed by atoms with E-state index in [0.29, 0.717) is 11.1 Å². The molecule has 0 radical (unpaired) electrons. The number of piperidine rings is 1. The number of halogens is 1. The van der Waals surface area contributed by atoms with Crippen molar-refractivity contribution in [2.75, 3.05) is 13.1 Å². The lowest BCUT2D eigenvalue weighted by atomic mass is 10.0. The highest BCUT2D eigenvalue weighted by Gasteiger charge is 2.25. The van der Waals surface area contributed by atoms with E-state index in [4.69, 9.17) is 11.6 Å². The van der Waals surface area contributed by atoms with Crippen LogP contribution in [-0.2, 0) is 0 Å². The van der Waals surface area contributed by atoms with Crippen molar-refractivity contribution in [2.24, 2.45) is 0 Å². The second kappa shape index (κ2) is 5.26. The third-order valence-corrected chi connectivity index (χ3v) is 4.44. The van der Waals surface area contributed by atoms with Crippen molar-refractivity contribution < 1.29 is 0 Å². The van der Waals surface area contributed by atoms with Gasteiger partial charge in [0.15, 0.2) is 0 Å². The van der Waals surface area contributed by atoms with Crippen LogP contribution in [0, 0.1) is 0 Å². The first kappa shape index (κ1) is 13.7. The number of hydrogen-bond donors (Lipinski definition) is 1. The molecule has 1 aromatic heterocycles. The number of likely N-dealkylation sites (tertiary alicyclic amines) is 1. The number of hydrogen-bond acceptors (Lipinski definition) is 2. The average molecular weight is 294 g/mol. The zero-order valence-electron chi connectivity index (χ0n) is 11.9. The van der Waals surface area contributed by atoms with Crippen molar-refractivity contribution in [3.63, 3.8) is 0 Å². The van der Waals surface area contributed by atoms with Crippen molar-refractivity contribution in [3.8, 4) is 0 Å². The van der Waals surface area contributed by atoms with Gasteiger partial charge in [0.1, 0.15) is 0 Å². The third-order valence-electron chi connectivity index (χ3n) is 4.20. The van der Waals surface area contributed by atoms with Crippen LogP contribution in [-0.4, -0.2) is 33.6 Å². The number of rotatable bonds is 2. The lowest BCUT2D eigenvalue weighted by molar-refractivity contribution is 0.143. The second-order valence-electron chi connectivity index (χ2n) is 5.85. The number of fused-ring (bicyclic) bond motifs is 1. The molecule has 20 heavy (non-hydrogen) atoms. The Morgan fingerprint density at radius 3 is 2.95 bits per heavy atom. The Labute approximate surface area is 123 Å². The first-order valence-electron chi connectivity index (χ1n) is 7.20. The molecule has 108 valence electrons. The molecule has 0 saturated carbocycles. The van der Waals surface area contributed by atoms with E-state index in [2.05, 4.69) is 23.7 Å². The van der Waals surface area contributed by atoms with Gasteiger partial charge < -0.3 is 4.98 Å². The maximum absolute atomic E-state index is 12.3. The summed E-state index contributed by atoms with van der Waals surface area (Å²) in [6.07, 6.45) is 2.17. The number of benzene rings is 1. The van der Waals surface area contributed by atoms with Gasteiger partial charge in [-0.1, -0.05) is 11.6 Å². The fourth-order valence-corrected chi connectivity index (χ4v) is 3.29. The summed E-state index contributed by atoms with van der Waals surface area (Å²) in [4.78, 5) is 17.6. The van der Waals surface area contributed by atoms with E-state index in [1.165, 1.54) is 0 Å². The molecule has 1 aliphatic heterocycles. The Morgan fingerprint density at radius 1 is 1.40 bits per heavy atom. The molecule has 1 saturated heterocycles. The summed E-state index contributed by atoms with van der Waals surface area (Å²) in [5, 5.41) is 0.668. The maximum atomic E-state index is 12.3. The molecule has 2 aromatic rings. The summed E-state index contributed by atoms with van der Waals surface area (Å²) in [5.41, 5.74) is 1.75. The molecule has 1 atom stereocenters. The summed E-state index contributed by atoms with van der Waals surface area (Å²) in [5.74, 6) is 0. The Morgan fingerprint density at radius 2 is 2.20 bits per heavy atom. The fourth-order valence-electron chi connectivity index (χ4n) is 3.12. The van der Waals surface area contributed by atoms with E-state index >= 15 is 0 Å². The van der Waals surface area contributed by atoms with Gasteiger partial charge in [0.2, 0.25) is 0 Å². The van der Waals surface area contributed by atoms with Crippen LogP contribution in [0.15, 0.2) is 23.0 Å². The zero-order chi connectivity index (χ0) is 14.3. The van der Waals surface area contributed by atoms with Gasteiger partial charge in [0.05, 0.1) is 17.1 Å².